The highest BCUT2D eigenvalue weighted by atomic mass is 16.5. The fourth-order valence-electron chi connectivity index (χ4n) is 4.13. The molecule has 7 nitrogen and oxygen atoms in total. The van der Waals surface area contributed by atoms with Gasteiger partial charge in [0.2, 0.25) is 0 Å². The second kappa shape index (κ2) is 9.63. The van der Waals surface area contributed by atoms with Crippen molar-refractivity contribution >= 4 is 28.4 Å². The summed E-state index contributed by atoms with van der Waals surface area (Å²) in [5.74, 6) is -1.56. The van der Waals surface area contributed by atoms with Crippen LogP contribution in [0.1, 0.15) is 19.8 Å². The van der Waals surface area contributed by atoms with Gasteiger partial charge in [-0.25, -0.2) is 9.59 Å². The molecular weight excluding hydrogens is 384 g/mol. The molecule has 2 aromatic carbocycles. The summed E-state index contributed by atoms with van der Waals surface area (Å²) in [5, 5.41) is 18.2. The van der Waals surface area contributed by atoms with E-state index in [0.717, 1.165) is 30.9 Å². The van der Waals surface area contributed by atoms with E-state index >= 15 is 0 Å². The molecule has 7 heteroatoms. The summed E-state index contributed by atoms with van der Waals surface area (Å²) < 4.78 is 5.59. The van der Waals surface area contributed by atoms with Gasteiger partial charge in [-0.05, 0) is 61.9 Å². The Morgan fingerprint density at radius 1 is 1.00 bits per heavy atom. The van der Waals surface area contributed by atoms with Gasteiger partial charge in [-0.3, -0.25) is 4.90 Å². The third-order valence-corrected chi connectivity index (χ3v) is 5.69. The highest BCUT2D eigenvalue weighted by Crippen LogP contribution is 2.33. The first-order valence-corrected chi connectivity index (χ1v) is 10.1. The predicted molar refractivity (Wildman–Crippen MR) is 116 cm³/mol. The minimum Gasteiger partial charge on any atom is -0.494 e. The maximum Gasteiger partial charge on any atom is 0.328 e. The molecule has 2 aliphatic heterocycles. The van der Waals surface area contributed by atoms with Gasteiger partial charge in [0.15, 0.2) is 0 Å². The molecule has 4 rings (SSSR count). The number of ether oxygens (including phenoxy) is 1. The summed E-state index contributed by atoms with van der Waals surface area (Å²) >= 11 is 0. The molecule has 2 heterocycles. The minimum atomic E-state index is -1.26. The number of hydrogen-bond donors (Lipinski definition) is 2. The van der Waals surface area contributed by atoms with Crippen LogP contribution < -0.4 is 9.64 Å². The second-order valence-corrected chi connectivity index (χ2v) is 7.59. The van der Waals surface area contributed by atoms with E-state index in [-0.39, 0.29) is 0 Å². The number of aliphatic carboxylic acids is 2. The molecule has 2 aromatic rings. The Morgan fingerprint density at radius 2 is 1.57 bits per heavy atom. The van der Waals surface area contributed by atoms with Gasteiger partial charge < -0.3 is 19.8 Å². The summed E-state index contributed by atoms with van der Waals surface area (Å²) in [6.07, 6.45) is 3.82. The van der Waals surface area contributed by atoms with Crippen LogP contribution in [-0.4, -0.2) is 65.9 Å². The number of likely N-dealkylation sites (N-methyl/N-ethyl adjacent to an activating group) is 1. The standard InChI is InChI=1S/C19H24N2O.C4H4O4/c1-3-22-19-9-5-14-10-16(6-4-15(14)11-19)21-12-17-7-8-18(13-21)20(17)2;5-3(6)1-2-4(7)8/h4-6,9-11,17-18H,3,7-8,12-13H2,1-2H3;1-2H,(H,5,6)(H,7,8)/b;2-1+. The molecular formula is C23H28N2O5. The van der Waals surface area contributed by atoms with Crippen molar-refractivity contribution in [2.45, 2.75) is 31.8 Å². The fourth-order valence-corrected chi connectivity index (χ4v) is 4.13. The van der Waals surface area contributed by atoms with Crippen LogP contribution in [0.15, 0.2) is 48.6 Å². The van der Waals surface area contributed by atoms with Crippen LogP contribution in [0.4, 0.5) is 5.69 Å². The summed E-state index contributed by atoms with van der Waals surface area (Å²) in [6, 6.07) is 14.7. The van der Waals surface area contributed by atoms with Crippen LogP contribution in [0.5, 0.6) is 5.75 Å². The van der Waals surface area contributed by atoms with Gasteiger partial charge in [-0.1, -0.05) is 12.1 Å². The SMILES string of the molecule is CCOc1ccc2cc(N3CC4CCC(C3)N4C)ccc2c1.O=C(O)/C=C/C(=O)O. The van der Waals surface area contributed by atoms with Crippen molar-refractivity contribution in [3.8, 4) is 5.75 Å². The van der Waals surface area contributed by atoms with Gasteiger partial charge >= 0.3 is 11.9 Å². The van der Waals surface area contributed by atoms with E-state index in [0.29, 0.717) is 18.8 Å². The van der Waals surface area contributed by atoms with Crippen LogP contribution in [0.3, 0.4) is 0 Å². The van der Waals surface area contributed by atoms with Crippen LogP contribution in [0.2, 0.25) is 0 Å². The zero-order chi connectivity index (χ0) is 21.7. The van der Waals surface area contributed by atoms with E-state index in [4.69, 9.17) is 14.9 Å². The maximum atomic E-state index is 9.55. The maximum absolute atomic E-state index is 9.55. The molecule has 2 fully saturated rings. The number of rotatable bonds is 5. The van der Waals surface area contributed by atoms with Gasteiger partial charge in [0.05, 0.1) is 6.61 Å². The normalized spacial score (nSPS) is 20.8. The number of benzene rings is 2. The van der Waals surface area contributed by atoms with Gasteiger partial charge in [0.1, 0.15) is 5.75 Å². The molecule has 0 radical (unpaired) electrons. The number of piperazine rings is 1. The molecule has 2 bridgehead atoms. The average Bonchev–Trinajstić information content (AvgIpc) is 2.92. The van der Waals surface area contributed by atoms with Crippen molar-refractivity contribution in [3.05, 3.63) is 48.6 Å². The van der Waals surface area contributed by atoms with E-state index in [2.05, 4.69) is 53.2 Å². The Bertz CT molecular complexity index is 912. The minimum absolute atomic E-state index is 0.558. The molecule has 2 atom stereocenters. The summed E-state index contributed by atoms with van der Waals surface area (Å²) in [5.41, 5.74) is 1.36. The van der Waals surface area contributed by atoms with Gasteiger partial charge in [0.25, 0.3) is 0 Å². The molecule has 0 aromatic heterocycles. The average molecular weight is 412 g/mol. The smallest absolute Gasteiger partial charge is 0.328 e. The quantitative estimate of drug-likeness (QED) is 0.729. The monoisotopic (exact) mass is 412 g/mol. The van der Waals surface area contributed by atoms with Crippen LogP contribution in [0.25, 0.3) is 10.8 Å². The van der Waals surface area contributed by atoms with Crippen LogP contribution >= 0.6 is 0 Å². The number of carboxylic acids is 2. The molecule has 2 unspecified atom stereocenters. The molecule has 2 aliphatic rings. The lowest BCUT2D eigenvalue weighted by Gasteiger charge is -2.40. The predicted octanol–water partition coefficient (Wildman–Crippen LogP) is 3.23. The Balaban J connectivity index is 0.000000275. The fraction of sp³-hybridized carbons (Fsp3) is 0.391. The van der Waals surface area contributed by atoms with E-state index in [9.17, 15) is 9.59 Å². The molecule has 2 N–H and O–H groups in total. The van der Waals surface area contributed by atoms with Crippen molar-refractivity contribution in [1.82, 2.24) is 4.90 Å². The van der Waals surface area contributed by atoms with Crippen molar-refractivity contribution in [1.29, 1.82) is 0 Å². The first-order valence-electron chi connectivity index (χ1n) is 10.1. The van der Waals surface area contributed by atoms with Crippen molar-refractivity contribution in [2.24, 2.45) is 0 Å². The number of carbonyl (C=O) groups is 2. The van der Waals surface area contributed by atoms with Crippen LogP contribution in [-0.2, 0) is 9.59 Å². The molecule has 0 spiro atoms. The first-order chi connectivity index (χ1) is 14.4. The molecule has 0 saturated carbocycles. The Kier molecular flexibility index (Phi) is 6.95. The second-order valence-electron chi connectivity index (χ2n) is 7.59. The zero-order valence-electron chi connectivity index (χ0n) is 17.3. The lowest BCUT2D eigenvalue weighted by molar-refractivity contribution is -0.134. The highest BCUT2D eigenvalue weighted by molar-refractivity contribution is 5.89. The zero-order valence-corrected chi connectivity index (χ0v) is 17.3. The van der Waals surface area contributed by atoms with Crippen molar-refractivity contribution < 1.29 is 24.5 Å². The lowest BCUT2D eigenvalue weighted by Crippen LogP contribution is -2.52. The largest absolute Gasteiger partial charge is 0.494 e. The van der Waals surface area contributed by atoms with Crippen molar-refractivity contribution in [3.63, 3.8) is 0 Å². The topological polar surface area (TPSA) is 90.3 Å². The Labute approximate surface area is 176 Å². The number of fused-ring (bicyclic) bond motifs is 3. The van der Waals surface area contributed by atoms with E-state index in [1.165, 1.54) is 29.3 Å². The Morgan fingerprint density at radius 3 is 2.13 bits per heavy atom. The van der Waals surface area contributed by atoms with E-state index < -0.39 is 11.9 Å². The van der Waals surface area contributed by atoms with E-state index in [1.807, 2.05) is 6.92 Å². The van der Waals surface area contributed by atoms with Crippen LogP contribution in [0, 0.1) is 0 Å². The number of carboxylic acid groups (broad SMARTS) is 2. The first kappa shape index (κ1) is 21.6. The van der Waals surface area contributed by atoms with Crippen molar-refractivity contribution in [2.75, 3.05) is 31.6 Å². The van der Waals surface area contributed by atoms with Gasteiger partial charge in [-0.2, -0.15) is 0 Å². The molecule has 2 saturated heterocycles. The molecule has 0 amide bonds. The van der Waals surface area contributed by atoms with Gasteiger partial charge in [0, 0.05) is 43.0 Å². The highest BCUT2D eigenvalue weighted by Gasteiger charge is 2.37. The number of anilines is 1. The molecule has 0 aliphatic carbocycles. The lowest BCUT2D eigenvalue weighted by atomic mass is 10.1. The van der Waals surface area contributed by atoms with Gasteiger partial charge in [-0.15, -0.1) is 0 Å². The summed E-state index contributed by atoms with van der Waals surface area (Å²) in [6.45, 7) is 5.06. The number of nitrogens with zero attached hydrogens (tertiary/aromatic N) is 2. The summed E-state index contributed by atoms with van der Waals surface area (Å²) in [7, 11) is 2.29. The number of hydrogen-bond acceptors (Lipinski definition) is 5. The molecule has 160 valence electrons. The van der Waals surface area contributed by atoms with E-state index in [1.54, 1.807) is 0 Å². The Hall–Kier alpha value is -3.06. The molecule has 30 heavy (non-hydrogen) atoms. The third kappa shape index (κ3) is 5.30. The summed E-state index contributed by atoms with van der Waals surface area (Å²) in [4.78, 5) is 24.3. The third-order valence-electron chi connectivity index (χ3n) is 5.69.